The molecule has 2 heterocycles. The van der Waals surface area contributed by atoms with Crippen LogP contribution in [0.2, 0.25) is 0 Å². The normalized spacial score (nSPS) is 24.3. The molecule has 2 aliphatic rings. The Kier molecular flexibility index (Phi) is 5.81. The average Bonchev–Trinajstić information content (AvgIpc) is 2.72. The summed E-state index contributed by atoms with van der Waals surface area (Å²) in [5.41, 5.74) is 0. The average molecular weight is 310 g/mol. The lowest BCUT2D eigenvalue weighted by Gasteiger charge is -2.41. The molecule has 126 valence electrons. The molecule has 0 spiro atoms. The Labute approximate surface area is 133 Å². The zero-order chi connectivity index (χ0) is 16.3. The maximum absolute atomic E-state index is 12.3. The van der Waals surface area contributed by atoms with E-state index in [0.29, 0.717) is 24.9 Å². The lowest BCUT2D eigenvalue weighted by Crippen LogP contribution is -2.59. The lowest BCUT2D eigenvalue weighted by atomic mass is 10.1. The standard InChI is InChI=1S/C16H30N4O2/c1-12(2)7-18-10-16(22)20-11-15(21)19(9-14(18)20)8-13(3)5-6-17-4/h12-14,17H,5-11H2,1-4H3. The van der Waals surface area contributed by atoms with E-state index in [9.17, 15) is 9.59 Å². The van der Waals surface area contributed by atoms with Crippen molar-refractivity contribution in [2.75, 3.05) is 46.3 Å². The van der Waals surface area contributed by atoms with Crippen molar-refractivity contribution < 1.29 is 9.59 Å². The number of carbonyl (C=O) groups excluding carboxylic acids is 2. The molecule has 2 amide bonds. The summed E-state index contributed by atoms with van der Waals surface area (Å²) >= 11 is 0. The van der Waals surface area contributed by atoms with Crippen molar-refractivity contribution in [2.24, 2.45) is 11.8 Å². The molecule has 2 rings (SSSR count). The minimum absolute atomic E-state index is 0.0732. The molecule has 22 heavy (non-hydrogen) atoms. The highest BCUT2D eigenvalue weighted by Crippen LogP contribution is 2.23. The zero-order valence-corrected chi connectivity index (χ0v) is 14.3. The van der Waals surface area contributed by atoms with E-state index < -0.39 is 0 Å². The number of carbonyl (C=O) groups is 2. The van der Waals surface area contributed by atoms with E-state index in [1.54, 1.807) is 4.90 Å². The highest BCUT2D eigenvalue weighted by Gasteiger charge is 2.44. The van der Waals surface area contributed by atoms with Crippen LogP contribution in [0.3, 0.4) is 0 Å². The second-order valence-corrected chi connectivity index (χ2v) is 7.12. The van der Waals surface area contributed by atoms with Gasteiger partial charge in [0.2, 0.25) is 11.8 Å². The van der Waals surface area contributed by atoms with Gasteiger partial charge in [0.25, 0.3) is 0 Å². The van der Waals surface area contributed by atoms with Crippen molar-refractivity contribution in [2.45, 2.75) is 33.4 Å². The van der Waals surface area contributed by atoms with Crippen molar-refractivity contribution in [1.29, 1.82) is 0 Å². The van der Waals surface area contributed by atoms with E-state index >= 15 is 0 Å². The smallest absolute Gasteiger partial charge is 0.242 e. The van der Waals surface area contributed by atoms with Crippen LogP contribution in [0.1, 0.15) is 27.2 Å². The number of nitrogens with zero attached hydrogens (tertiary/aromatic N) is 3. The van der Waals surface area contributed by atoms with Gasteiger partial charge in [0.1, 0.15) is 12.7 Å². The number of fused-ring (bicyclic) bond motifs is 1. The summed E-state index contributed by atoms with van der Waals surface area (Å²) in [6.45, 7) is 10.5. The van der Waals surface area contributed by atoms with E-state index in [4.69, 9.17) is 0 Å². The van der Waals surface area contributed by atoms with Crippen LogP contribution in [0.25, 0.3) is 0 Å². The molecular formula is C16H30N4O2. The van der Waals surface area contributed by atoms with Crippen molar-refractivity contribution in [1.82, 2.24) is 20.0 Å². The molecule has 2 aliphatic heterocycles. The minimum Gasteiger partial charge on any atom is -0.337 e. The molecule has 0 saturated carbocycles. The molecule has 6 nitrogen and oxygen atoms in total. The van der Waals surface area contributed by atoms with Crippen molar-refractivity contribution in [3.63, 3.8) is 0 Å². The first-order valence-electron chi connectivity index (χ1n) is 8.38. The van der Waals surface area contributed by atoms with Gasteiger partial charge in [-0.15, -0.1) is 0 Å². The Balaban J connectivity index is 1.98. The monoisotopic (exact) mass is 310 g/mol. The quantitative estimate of drug-likeness (QED) is 0.730. The van der Waals surface area contributed by atoms with Gasteiger partial charge in [0, 0.05) is 13.1 Å². The summed E-state index contributed by atoms with van der Waals surface area (Å²) in [4.78, 5) is 30.4. The van der Waals surface area contributed by atoms with Gasteiger partial charge >= 0.3 is 0 Å². The van der Waals surface area contributed by atoms with Crippen LogP contribution in [0.5, 0.6) is 0 Å². The number of hydrogen-bond acceptors (Lipinski definition) is 4. The van der Waals surface area contributed by atoms with Gasteiger partial charge in [-0.3, -0.25) is 14.5 Å². The summed E-state index contributed by atoms with van der Waals surface area (Å²) < 4.78 is 0. The van der Waals surface area contributed by atoms with Crippen molar-refractivity contribution in [3.05, 3.63) is 0 Å². The fourth-order valence-electron chi connectivity index (χ4n) is 3.38. The molecule has 6 heteroatoms. The highest BCUT2D eigenvalue weighted by atomic mass is 16.2. The lowest BCUT2D eigenvalue weighted by molar-refractivity contribution is -0.146. The molecule has 2 saturated heterocycles. The highest BCUT2D eigenvalue weighted by molar-refractivity contribution is 5.88. The van der Waals surface area contributed by atoms with Gasteiger partial charge in [0.15, 0.2) is 0 Å². The molecule has 0 radical (unpaired) electrons. The van der Waals surface area contributed by atoms with Gasteiger partial charge in [-0.25, -0.2) is 0 Å². The molecule has 0 aromatic carbocycles. The molecule has 0 aromatic rings. The van der Waals surface area contributed by atoms with Crippen LogP contribution in [-0.4, -0.2) is 79.0 Å². The van der Waals surface area contributed by atoms with Crippen LogP contribution in [0.4, 0.5) is 0 Å². The van der Waals surface area contributed by atoms with Crippen LogP contribution >= 0.6 is 0 Å². The minimum atomic E-state index is 0.0732. The number of nitrogens with one attached hydrogen (secondary N) is 1. The summed E-state index contributed by atoms with van der Waals surface area (Å²) in [6, 6.07) is 0. The zero-order valence-electron chi connectivity index (χ0n) is 14.3. The fourth-order valence-corrected chi connectivity index (χ4v) is 3.38. The summed E-state index contributed by atoms with van der Waals surface area (Å²) in [7, 11) is 1.95. The number of hydrogen-bond donors (Lipinski definition) is 1. The van der Waals surface area contributed by atoms with E-state index in [1.165, 1.54) is 0 Å². The Morgan fingerprint density at radius 2 is 1.86 bits per heavy atom. The van der Waals surface area contributed by atoms with E-state index in [0.717, 1.165) is 26.1 Å². The Morgan fingerprint density at radius 3 is 2.50 bits per heavy atom. The van der Waals surface area contributed by atoms with Gasteiger partial charge in [-0.1, -0.05) is 20.8 Å². The molecule has 0 aliphatic carbocycles. The largest absolute Gasteiger partial charge is 0.337 e. The van der Waals surface area contributed by atoms with E-state index in [-0.39, 0.29) is 24.5 Å². The van der Waals surface area contributed by atoms with Gasteiger partial charge in [-0.2, -0.15) is 0 Å². The molecule has 2 unspecified atom stereocenters. The Morgan fingerprint density at radius 1 is 1.14 bits per heavy atom. The first-order chi connectivity index (χ1) is 10.4. The third kappa shape index (κ3) is 3.98. The molecule has 2 fully saturated rings. The molecular weight excluding hydrogens is 280 g/mol. The number of rotatable bonds is 7. The van der Waals surface area contributed by atoms with Crippen LogP contribution in [0.15, 0.2) is 0 Å². The van der Waals surface area contributed by atoms with Crippen molar-refractivity contribution >= 4 is 11.8 Å². The molecule has 0 bridgehead atoms. The Bertz CT molecular complexity index is 413. The molecule has 0 aromatic heterocycles. The van der Waals surface area contributed by atoms with Gasteiger partial charge in [0.05, 0.1) is 13.1 Å². The third-order valence-corrected chi connectivity index (χ3v) is 4.50. The summed E-state index contributed by atoms with van der Waals surface area (Å²) in [6.07, 6.45) is 1.13. The predicted molar refractivity (Wildman–Crippen MR) is 86.2 cm³/mol. The second-order valence-electron chi connectivity index (χ2n) is 7.12. The van der Waals surface area contributed by atoms with E-state index in [2.05, 4.69) is 31.0 Å². The van der Waals surface area contributed by atoms with Gasteiger partial charge in [-0.05, 0) is 31.8 Å². The molecule has 1 N–H and O–H groups in total. The molecule has 2 atom stereocenters. The summed E-state index contributed by atoms with van der Waals surface area (Å²) in [5, 5.41) is 3.15. The van der Waals surface area contributed by atoms with Gasteiger partial charge < -0.3 is 15.1 Å². The van der Waals surface area contributed by atoms with Crippen LogP contribution in [0, 0.1) is 11.8 Å². The Hall–Kier alpha value is -1.14. The first kappa shape index (κ1) is 17.2. The first-order valence-corrected chi connectivity index (χ1v) is 8.38. The fraction of sp³-hybridized carbons (Fsp3) is 0.875. The van der Waals surface area contributed by atoms with Crippen LogP contribution < -0.4 is 5.32 Å². The second kappa shape index (κ2) is 7.42. The van der Waals surface area contributed by atoms with E-state index in [1.807, 2.05) is 11.9 Å². The topological polar surface area (TPSA) is 55.9 Å². The SMILES string of the molecule is CNCCC(C)CN1CC2N(CC(C)C)CC(=O)N2CC1=O. The number of piperazine rings is 1. The maximum atomic E-state index is 12.3. The summed E-state index contributed by atoms with van der Waals surface area (Å²) in [5.74, 6) is 1.18. The predicted octanol–water partition coefficient (Wildman–Crippen LogP) is 0.201. The number of amides is 2. The van der Waals surface area contributed by atoms with Crippen LogP contribution in [-0.2, 0) is 9.59 Å². The van der Waals surface area contributed by atoms with Crippen molar-refractivity contribution in [3.8, 4) is 0 Å². The maximum Gasteiger partial charge on any atom is 0.242 e. The third-order valence-electron chi connectivity index (χ3n) is 4.50.